The van der Waals surface area contributed by atoms with Crippen LogP contribution in [0.1, 0.15) is 19.8 Å². The number of esters is 1. The van der Waals surface area contributed by atoms with Gasteiger partial charge in [0, 0.05) is 16.6 Å². The van der Waals surface area contributed by atoms with Crippen LogP contribution < -0.4 is 9.47 Å². The van der Waals surface area contributed by atoms with Crippen LogP contribution in [0.4, 0.5) is 0 Å². The van der Waals surface area contributed by atoms with Gasteiger partial charge in [-0.2, -0.15) is 0 Å². The van der Waals surface area contributed by atoms with E-state index in [-0.39, 0.29) is 11.2 Å². The number of hydrogen-bond acceptors (Lipinski definition) is 5. The monoisotopic (exact) mass is 282 g/mol. The minimum absolute atomic E-state index is 0.164. The fourth-order valence-electron chi connectivity index (χ4n) is 1.81. The molecule has 4 nitrogen and oxygen atoms in total. The first-order valence-electron chi connectivity index (χ1n) is 6.32. The molecule has 0 aromatic heterocycles. The molecule has 1 aliphatic rings. The Morgan fingerprint density at radius 2 is 2.11 bits per heavy atom. The molecule has 1 unspecified atom stereocenters. The van der Waals surface area contributed by atoms with Gasteiger partial charge in [0.25, 0.3) is 0 Å². The van der Waals surface area contributed by atoms with Crippen LogP contribution in [0, 0.1) is 0 Å². The topological polar surface area (TPSA) is 44.8 Å². The standard InChI is InChI=1S/C14H18O4S/c1-10(8-14(15)16-2)19-11-4-5-12-13(9-11)18-7-3-6-17-12/h4-5,9-10H,3,6-8H2,1-2H3. The lowest BCUT2D eigenvalue weighted by Crippen LogP contribution is -2.08. The number of methoxy groups -OCH3 is 1. The smallest absolute Gasteiger partial charge is 0.306 e. The molecule has 0 bridgehead atoms. The van der Waals surface area contributed by atoms with Gasteiger partial charge >= 0.3 is 5.97 Å². The Morgan fingerprint density at radius 1 is 1.37 bits per heavy atom. The van der Waals surface area contributed by atoms with Gasteiger partial charge in [0.05, 0.1) is 26.7 Å². The molecule has 1 aliphatic heterocycles. The summed E-state index contributed by atoms with van der Waals surface area (Å²) in [4.78, 5) is 12.3. The molecule has 0 saturated heterocycles. The zero-order valence-corrected chi connectivity index (χ0v) is 12.0. The second-order valence-electron chi connectivity index (χ2n) is 4.37. The van der Waals surface area contributed by atoms with E-state index in [4.69, 9.17) is 9.47 Å². The van der Waals surface area contributed by atoms with E-state index in [0.29, 0.717) is 19.6 Å². The normalized spacial score (nSPS) is 15.5. The van der Waals surface area contributed by atoms with E-state index < -0.39 is 0 Å². The third-order valence-electron chi connectivity index (χ3n) is 2.74. The maximum absolute atomic E-state index is 11.2. The first-order valence-corrected chi connectivity index (χ1v) is 7.20. The van der Waals surface area contributed by atoms with Crippen molar-refractivity contribution in [2.75, 3.05) is 20.3 Å². The van der Waals surface area contributed by atoms with Gasteiger partial charge in [-0.25, -0.2) is 0 Å². The highest BCUT2D eigenvalue weighted by Crippen LogP contribution is 2.35. The van der Waals surface area contributed by atoms with Gasteiger partial charge < -0.3 is 14.2 Å². The highest BCUT2D eigenvalue weighted by Gasteiger charge is 2.14. The predicted octanol–water partition coefficient (Wildman–Crippen LogP) is 2.89. The van der Waals surface area contributed by atoms with Gasteiger partial charge in [-0.1, -0.05) is 6.92 Å². The Bertz CT molecular complexity index is 447. The van der Waals surface area contributed by atoms with Gasteiger partial charge in [0.2, 0.25) is 0 Å². The summed E-state index contributed by atoms with van der Waals surface area (Å²) in [5.41, 5.74) is 0. The quantitative estimate of drug-likeness (QED) is 0.627. The Labute approximate surface area is 117 Å². The number of benzene rings is 1. The third kappa shape index (κ3) is 4.06. The zero-order valence-electron chi connectivity index (χ0n) is 11.2. The lowest BCUT2D eigenvalue weighted by atomic mass is 10.3. The van der Waals surface area contributed by atoms with Gasteiger partial charge in [-0.15, -0.1) is 11.8 Å². The van der Waals surface area contributed by atoms with Crippen molar-refractivity contribution in [2.45, 2.75) is 29.9 Å². The number of carbonyl (C=O) groups is 1. The lowest BCUT2D eigenvalue weighted by Gasteiger charge is -2.12. The molecule has 1 aromatic carbocycles. The van der Waals surface area contributed by atoms with E-state index in [2.05, 4.69) is 4.74 Å². The molecule has 0 fully saturated rings. The Kier molecular flexibility index (Phi) is 4.96. The first kappa shape index (κ1) is 14.1. The van der Waals surface area contributed by atoms with Crippen molar-refractivity contribution in [3.8, 4) is 11.5 Å². The molecule has 2 rings (SSSR count). The van der Waals surface area contributed by atoms with Crippen molar-refractivity contribution in [3.63, 3.8) is 0 Å². The van der Waals surface area contributed by atoms with Crippen LogP contribution >= 0.6 is 11.8 Å². The van der Waals surface area contributed by atoms with Crippen molar-refractivity contribution in [3.05, 3.63) is 18.2 Å². The highest BCUT2D eigenvalue weighted by atomic mass is 32.2. The molecule has 19 heavy (non-hydrogen) atoms. The molecule has 0 N–H and O–H groups in total. The van der Waals surface area contributed by atoms with Gasteiger partial charge in [0.1, 0.15) is 0 Å². The number of fused-ring (bicyclic) bond motifs is 1. The molecular formula is C14H18O4S. The second-order valence-corrected chi connectivity index (χ2v) is 5.88. The fraction of sp³-hybridized carbons (Fsp3) is 0.500. The van der Waals surface area contributed by atoms with Crippen LogP contribution in [0.15, 0.2) is 23.1 Å². The summed E-state index contributed by atoms with van der Waals surface area (Å²) in [5.74, 6) is 1.39. The number of carbonyl (C=O) groups excluding carboxylic acids is 1. The summed E-state index contributed by atoms with van der Waals surface area (Å²) in [6, 6.07) is 5.89. The largest absolute Gasteiger partial charge is 0.490 e. The van der Waals surface area contributed by atoms with E-state index in [9.17, 15) is 4.79 Å². The summed E-state index contributed by atoms with van der Waals surface area (Å²) >= 11 is 1.63. The van der Waals surface area contributed by atoms with Crippen molar-refractivity contribution < 1.29 is 19.0 Å². The molecule has 0 saturated carbocycles. The van der Waals surface area contributed by atoms with Crippen LogP contribution in [-0.2, 0) is 9.53 Å². The molecule has 1 aromatic rings. The average Bonchev–Trinajstić information content (AvgIpc) is 2.63. The molecule has 0 amide bonds. The number of rotatable bonds is 4. The number of ether oxygens (including phenoxy) is 3. The van der Waals surface area contributed by atoms with Crippen LogP contribution in [-0.4, -0.2) is 31.5 Å². The number of hydrogen-bond donors (Lipinski definition) is 0. The maximum Gasteiger partial charge on any atom is 0.306 e. The third-order valence-corrected chi connectivity index (χ3v) is 3.83. The van der Waals surface area contributed by atoms with Crippen molar-refractivity contribution in [2.24, 2.45) is 0 Å². The first-order chi connectivity index (χ1) is 9.19. The molecule has 0 radical (unpaired) electrons. The van der Waals surface area contributed by atoms with E-state index in [1.54, 1.807) is 11.8 Å². The summed E-state index contributed by atoms with van der Waals surface area (Å²) in [6.07, 6.45) is 1.30. The zero-order chi connectivity index (χ0) is 13.7. The summed E-state index contributed by atoms with van der Waals surface area (Å²) in [6.45, 7) is 3.38. The van der Waals surface area contributed by atoms with Crippen LogP contribution in [0.5, 0.6) is 11.5 Å². The van der Waals surface area contributed by atoms with Crippen LogP contribution in [0.3, 0.4) is 0 Å². The Balaban J connectivity index is 2.01. The van der Waals surface area contributed by atoms with E-state index in [1.807, 2.05) is 25.1 Å². The van der Waals surface area contributed by atoms with Crippen molar-refractivity contribution in [1.82, 2.24) is 0 Å². The summed E-state index contributed by atoms with van der Waals surface area (Å²) < 4.78 is 15.9. The van der Waals surface area contributed by atoms with Crippen molar-refractivity contribution >= 4 is 17.7 Å². The summed E-state index contributed by atoms with van der Waals surface area (Å²) in [5, 5.41) is 0.164. The fourth-order valence-corrected chi connectivity index (χ4v) is 2.81. The number of thioether (sulfide) groups is 1. The Morgan fingerprint density at radius 3 is 2.84 bits per heavy atom. The minimum Gasteiger partial charge on any atom is -0.490 e. The van der Waals surface area contributed by atoms with Gasteiger partial charge in [-0.3, -0.25) is 4.79 Å². The van der Waals surface area contributed by atoms with Crippen LogP contribution in [0.2, 0.25) is 0 Å². The molecular weight excluding hydrogens is 264 g/mol. The Hall–Kier alpha value is -1.36. The molecule has 0 aliphatic carbocycles. The SMILES string of the molecule is COC(=O)CC(C)Sc1ccc2c(c1)OCCCO2. The highest BCUT2D eigenvalue weighted by molar-refractivity contribution is 8.00. The van der Waals surface area contributed by atoms with E-state index in [0.717, 1.165) is 22.8 Å². The van der Waals surface area contributed by atoms with E-state index >= 15 is 0 Å². The minimum atomic E-state index is -0.186. The second kappa shape index (κ2) is 6.70. The molecule has 104 valence electrons. The van der Waals surface area contributed by atoms with E-state index in [1.165, 1.54) is 7.11 Å². The molecule has 0 spiro atoms. The average molecular weight is 282 g/mol. The lowest BCUT2D eigenvalue weighted by molar-refractivity contribution is -0.140. The predicted molar refractivity (Wildman–Crippen MR) is 74.0 cm³/mol. The molecule has 1 heterocycles. The molecule has 1 atom stereocenters. The summed E-state index contributed by atoms with van der Waals surface area (Å²) in [7, 11) is 1.41. The van der Waals surface area contributed by atoms with Gasteiger partial charge in [-0.05, 0) is 18.2 Å². The van der Waals surface area contributed by atoms with Gasteiger partial charge in [0.15, 0.2) is 11.5 Å². The maximum atomic E-state index is 11.2. The van der Waals surface area contributed by atoms with Crippen LogP contribution in [0.25, 0.3) is 0 Å². The van der Waals surface area contributed by atoms with Crippen molar-refractivity contribution in [1.29, 1.82) is 0 Å². The molecule has 5 heteroatoms.